The number of carbonyl (C=O) groups excluding carboxylic acids is 1. The molecular weight excluding hydrogens is 488 g/mol. The second kappa shape index (κ2) is 10.3. The van der Waals surface area contributed by atoms with Gasteiger partial charge >= 0.3 is 18.4 Å². The van der Waals surface area contributed by atoms with E-state index in [0.29, 0.717) is 25.1 Å². The maximum absolute atomic E-state index is 13.3. The molecule has 2 aromatic carbocycles. The predicted molar refractivity (Wildman–Crippen MR) is 121 cm³/mol. The number of nitrogens with zero attached hydrogens (tertiary/aromatic N) is 1. The average Bonchev–Trinajstić information content (AvgIpc) is 2.75. The van der Waals surface area contributed by atoms with Crippen LogP contribution in [0, 0.1) is 6.92 Å². The molecule has 0 N–H and O–H groups in total. The Labute approximate surface area is 206 Å². The summed E-state index contributed by atoms with van der Waals surface area (Å²) in [6, 6.07) is 8.94. The molecule has 36 heavy (non-hydrogen) atoms. The Morgan fingerprint density at radius 3 is 2.08 bits per heavy atom. The third kappa shape index (κ3) is 7.15. The molecule has 0 aliphatic carbocycles. The quantitative estimate of drug-likeness (QED) is 0.398. The molecule has 0 aromatic heterocycles. The van der Waals surface area contributed by atoms with Crippen LogP contribution in [0.25, 0.3) is 0 Å². The molecule has 0 unspecified atom stereocenters. The van der Waals surface area contributed by atoms with E-state index < -0.39 is 47.9 Å². The zero-order valence-electron chi connectivity index (χ0n) is 20.5. The van der Waals surface area contributed by atoms with Gasteiger partial charge in [-0.15, -0.1) is 0 Å². The second-order valence-corrected chi connectivity index (χ2v) is 9.94. The smallest absolute Gasteiger partial charge is 0.416 e. The van der Waals surface area contributed by atoms with Crippen LogP contribution in [0.2, 0.25) is 0 Å². The van der Waals surface area contributed by atoms with Gasteiger partial charge in [0.05, 0.1) is 30.4 Å². The summed E-state index contributed by atoms with van der Waals surface area (Å²) in [4.78, 5) is 14.1. The van der Waals surface area contributed by atoms with Crippen molar-refractivity contribution in [2.75, 3.05) is 13.1 Å². The standard InChI is InChI=1S/C26H29F6NO3/c1-16-7-5-6-8-20(16)21-9-10-33(23(34)36-24(2,3)4)14-22(21)35-15-17-11-18(25(27,28)29)13-19(12-17)26(30,31)32/h5-8,11-13,21-22H,9-10,14-15H2,1-4H3/t21-,22-/m0/s1. The Kier molecular flexibility index (Phi) is 7.98. The fraction of sp³-hybridized carbons (Fsp3) is 0.500. The largest absolute Gasteiger partial charge is 0.444 e. The topological polar surface area (TPSA) is 38.8 Å². The number of carbonyl (C=O) groups is 1. The number of alkyl halides is 6. The number of halogens is 6. The number of likely N-dealkylation sites (tertiary alicyclic amines) is 1. The first-order valence-corrected chi connectivity index (χ1v) is 11.5. The van der Waals surface area contributed by atoms with Crippen molar-refractivity contribution < 1.29 is 40.6 Å². The van der Waals surface area contributed by atoms with Crippen LogP contribution in [0.3, 0.4) is 0 Å². The van der Waals surface area contributed by atoms with Crippen LogP contribution in [0.1, 0.15) is 60.9 Å². The zero-order chi connectivity index (χ0) is 26.9. The highest BCUT2D eigenvalue weighted by Crippen LogP contribution is 2.37. The molecule has 1 amide bonds. The summed E-state index contributed by atoms with van der Waals surface area (Å²) >= 11 is 0. The number of piperidine rings is 1. The Hall–Kier alpha value is -2.75. The number of rotatable bonds is 4. The first-order chi connectivity index (χ1) is 16.5. The van der Waals surface area contributed by atoms with Crippen LogP contribution < -0.4 is 0 Å². The van der Waals surface area contributed by atoms with Gasteiger partial charge in [0.1, 0.15) is 5.60 Å². The van der Waals surface area contributed by atoms with Gasteiger partial charge in [-0.1, -0.05) is 24.3 Å². The van der Waals surface area contributed by atoms with E-state index >= 15 is 0 Å². The van der Waals surface area contributed by atoms with E-state index in [1.807, 2.05) is 31.2 Å². The van der Waals surface area contributed by atoms with E-state index in [-0.39, 0.29) is 24.1 Å². The molecule has 1 heterocycles. The van der Waals surface area contributed by atoms with Crippen molar-refractivity contribution in [3.05, 3.63) is 70.3 Å². The molecule has 10 heteroatoms. The van der Waals surface area contributed by atoms with E-state index in [4.69, 9.17) is 9.47 Å². The summed E-state index contributed by atoms with van der Waals surface area (Å²) in [5.41, 5.74) is -1.86. The van der Waals surface area contributed by atoms with Crippen molar-refractivity contribution in [3.8, 4) is 0 Å². The highest BCUT2D eigenvalue weighted by Gasteiger charge is 2.38. The van der Waals surface area contributed by atoms with Crippen molar-refractivity contribution in [1.82, 2.24) is 4.90 Å². The van der Waals surface area contributed by atoms with Gasteiger partial charge in [0.15, 0.2) is 0 Å². The minimum absolute atomic E-state index is 0.0823. The number of hydrogen-bond acceptors (Lipinski definition) is 3. The average molecular weight is 518 g/mol. The zero-order valence-corrected chi connectivity index (χ0v) is 20.5. The van der Waals surface area contributed by atoms with Gasteiger partial charge < -0.3 is 14.4 Å². The van der Waals surface area contributed by atoms with Crippen molar-refractivity contribution in [2.24, 2.45) is 0 Å². The lowest BCUT2D eigenvalue weighted by Crippen LogP contribution is -2.48. The second-order valence-electron chi connectivity index (χ2n) is 9.94. The van der Waals surface area contributed by atoms with E-state index in [2.05, 4.69) is 0 Å². The minimum Gasteiger partial charge on any atom is -0.444 e. The van der Waals surface area contributed by atoms with Gasteiger partial charge in [0.25, 0.3) is 0 Å². The first-order valence-electron chi connectivity index (χ1n) is 11.5. The number of aryl methyl sites for hydroxylation is 1. The third-order valence-corrected chi connectivity index (χ3v) is 5.91. The van der Waals surface area contributed by atoms with Gasteiger partial charge in [0, 0.05) is 12.5 Å². The lowest BCUT2D eigenvalue weighted by Gasteiger charge is -2.39. The number of ether oxygens (including phenoxy) is 2. The molecule has 1 fully saturated rings. The van der Waals surface area contributed by atoms with Crippen molar-refractivity contribution in [2.45, 2.75) is 70.7 Å². The summed E-state index contributed by atoms with van der Waals surface area (Å²) < 4.78 is 91.0. The van der Waals surface area contributed by atoms with Gasteiger partial charge in [-0.2, -0.15) is 26.3 Å². The van der Waals surface area contributed by atoms with Gasteiger partial charge in [-0.05, 0) is 69.0 Å². The molecule has 3 rings (SSSR count). The molecular formula is C26H29F6NO3. The maximum Gasteiger partial charge on any atom is 0.416 e. The van der Waals surface area contributed by atoms with Crippen molar-refractivity contribution >= 4 is 6.09 Å². The Bertz CT molecular complexity index is 1040. The highest BCUT2D eigenvalue weighted by atomic mass is 19.4. The van der Waals surface area contributed by atoms with Crippen LogP contribution in [0.5, 0.6) is 0 Å². The normalized spacial score (nSPS) is 19.3. The summed E-state index contributed by atoms with van der Waals surface area (Å²) in [7, 11) is 0. The molecule has 4 nitrogen and oxygen atoms in total. The van der Waals surface area contributed by atoms with Gasteiger partial charge in [-0.3, -0.25) is 0 Å². The molecule has 1 aliphatic heterocycles. The predicted octanol–water partition coefficient (Wildman–Crippen LogP) is 7.34. The fourth-order valence-electron chi connectivity index (χ4n) is 4.24. The van der Waals surface area contributed by atoms with Crippen LogP contribution in [-0.4, -0.2) is 35.8 Å². The fourth-order valence-corrected chi connectivity index (χ4v) is 4.24. The minimum atomic E-state index is -4.95. The Morgan fingerprint density at radius 2 is 1.56 bits per heavy atom. The lowest BCUT2D eigenvalue weighted by atomic mass is 9.84. The summed E-state index contributed by atoms with van der Waals surface area (Å²) in [5.74, 6) is -0.210. The summed E-state index contributed by atoms with van der Waals surface area (Å²) in [6.45, 7) is 7.06. The molecule has 0 spiro atoms. The SMILES string of the molecule is Cc1ccccc1[C@@H]1CCN(C(=O)OC(C)(C)C)C[C@@H]1OCc1cc(C(F)(F)F)cc(C(F)(F)F)c1. The van der Waals surface area contributed by atoms with Gasteiger partial charge in [-0.25, -0.2) is 4.79 Å². The molecule has 0 bridgehead atoms. The molecule has 0 radical (unpaired) electrons. The Balaban J connectivity index is 1.89. The summed E-state index contributed by atoms with van der Waals surface area (Å²) in [5, 5.41) is 0. The molecule has 0 saturated carbocycles. The van der Waals surface area contributed by atoms with Crippen LogP contribution >= 0.6 is 0 Å². The van der Waals surface area contributed by atoms with E-state index in [1.165, 1.54) is 4.90 Å². The number of benzene rings is 2. The third-order valence-electron chi connectivity index (χ3n) is 5.91. The molecule has 2 aromatic rings. The van der Waals surface area contributed by atoms with Crippen LogP contribution in [0.15, 0.2) is 42.5 Å². The van der Waals surface area contributed by atoms with E-state index in [0.717, 1.165) is 11.1 Å². The van der Waals surface area contributed by atoms with Crippen molar-refractivity contribution in [1.29, 1.82) is 0 Å². The van der Waals surface area contributed by atoms with E-state index in [1.54, 1.807) is 20.8 Å². The van der Waals surface area contributed by atoms with Gasteiger partial charge in [0.2, 0.25) is 0 Å². The summed E-state index contributed by atoms with van der Waals surface area (Å²) in [6.07, 6.45) is -10.6. The van der Waals surface area contributed by atoms with E-state index in [9.17, 15) is 31.1 Å². The highest BCUT2D eigenvalue weighted by molar-refractivity contribution is 5.68. The molecule has 1 aliphatic rings. The number of hydrogen-bond donors (Lipinski definition) is 0. The molecule has 198 valence electrons. The Morgan fingerprint density at radius 1 is 0.972 bits per heavy atom. The number of amides is 1. The van der Waals surface area contributed by atoms with Crippen molar-refractivity contribution in [3.63, 3.8) is 0 Å². The molecule has 1 saturated heterocycles. The first kappa shape index (κ1) is 27.8. The molecule has 2 atom stereocenters. The lowest BCUT2D eigenvalue weighted by molar-refractivity contribution is -0.143. The maximum atomic E-state index is 13.3. The monoisotopic (exact) mass is 517 g/mol. The van der Waals surface area contributed by atoms with Crippen LogP contribution in [0.4, 0.5) is 31.1 Å². The van der Waals surface area contributed by atoms with Crippen LogP contribution in [-0.2, 0) is 28.4 Å².